The fourth-order valence-corrected chi connectivity index (χ4v) is 4.62. The molecule has 0 bridgehead atoms. The summed E-state index contributed by atoms with van der Waals surface area (Å²) in [5, 5.41) is 12.0. The van der Waals surface area contributed by atoms with Crippen LogP contribution in [-0.4, -0.2) is 53.7 Å². The first kappa shape index (κ1) is 21.6. The molecule has 166 valence electrons. The summed E-state index contributed by atoms with van der Waals surface area (Å²) in [5.41, 5.74) is 3.51. The van der Waals surface area contributed by atoms with E-state index in [4.69, 9.17) is 4.74 Å². The summed E-state index contributed by atoms with van der Waals surface area (Å²) in [6.07, 6.45) is 1.16. The molecule has 1 heterocycles. The number of hydrogen-bond acceptors (Lipinski definition) is 4. The van der Waals surface area contributed by atoms with E-state index >= 15 is 0 Å². The van der Waals surface area contributed by atoms with Crippen molar-refractivity contribution in [1.29, 1.82) is 0 Å². The molecule has 2 aromatic rings. The summed E-state index contributed by atoms with van der Waals surface area (Å²) >= 11 is 0. The van der Waals surface area contributed by atoms with Crippen molar-refractivity contribution in [1.82, 2.24) is 10.2 Å². The number of fused-ring (bicyclic) bond motifs is 3. The maximum Gasteiger partial charge on any atom is 0.407 e. The van der Waals surface area contributed by atoms with Gasteiger partial charge >= 0.3 is 12.1 Å². The number of benzene rings is 2. The SMILES string of the molecule is C=CCC1(C(=O)O)CN(C(=O)[C@H](C)NC(=O)OCC2c3ccccc3-c3ccccc32)C1. The van der Waals surface area contributed by atoms with Crippen LogP contribution in [0.3, 0.4) is 0 Å². The molecule has 2 aromatic carbocycles. The highest BCUT2D eigenvalue weighted by Crippen LogP contribution is 2.44. The number of alkyl carbamates (subject to hydrolysis) is 1. The summed E-state index contributed by atoms with van der Waals surface area (Å²) in [6, 6.07) is 15.3. The molecule has 32 heavy (non-hydrogen) atoms. The maximum atomic E-state index is 12.6. The third kappa shape index (κ3) is 3.75. The number of amides is 2. The van der Waals surface area contributed by atoms with E-state index in [1.807, 2.05) is 36.4 Å². The summed E-state index contributed by atoms with van der Waals surface area (Å²) in [5.74, 6) is -1.34. The zero-order chi connectivity index (χ0) is 22.9. The molecule has 2 N–H and O–H groups in total. The maximum absolute atomic E-state index is 12.6. The first-order valence-electron chi connectivity index (χ1n) is 10.6. The van der Waals surface area contributed by atoms with Crippen molar-refractivity contribution in [3.8, 4) is 11.1 Å². The average Bonchev–Trinajstić information content (AvgIpc) is 3.07. The van der Waals surface area contributed by atoms with Crippen molar-refractivity contribution < 1.29 is 24.2 Å². The van der Waals surface area contributed by atoms with Crippen molar-refractivity contribution in [3.63, 3.8) is 0 Å². The third-order valence-electron chi connectivity index (χ3n) is 6.34. The molecular weight excluding hydrogens is 408 g/mol. The molecule has 1 aliphatic carbocycles. The highest BCUT2D eigenvalue weighted by Gasteiger charge is 2.51. The van der Waals surface area contributed by atoms with E-state index in [1.54, 1.807) is 13.0 Å². The molecule has 0 saturated carbocycles. The topological polar surface area (TPSA) is 95.9 Å². The molecule has 2 aliphatic rings. The number of likely N-dealkylation sites (tertiary alicyclic amines) is 1. The highest BCUT2D eigenvalue weighted by molar-refractivity contribution is 5.88. The Hall–Kier alpha value is -3.61. The van der Waals surface area contributed by atoms with E-state index in [0.717, 1.165) is 22.3 Å². The Balaban J connectivity index is 1.33. The summed E-state index contributed by atoms with van der Waals surface area (Å²) in [7, 11) is 0. The van der Waals surface area contributed by atoms with Gasteiger partial charge in [-0.1, -0.05) is 54.6 Å². The molecule has 1 fully saturated rings. The Kier molecular flexibility index (Phi) is 5.74. The Morgan fingerprint density at radius 2 is 1.72 bits per heavy atom. The van der Waals surface area contributed by atoms with E-state index < -0.39 is 23.5 Å². The van der Waals surface area contributed by atoms with Gasteiger partial charge in [0.05, 0.1) is 0 Å². The second-order valence-corrected chi connectivity index (χ2v) is 8.46. The van der Waals surface area contributed by atoms with Crippen LogP contribution in [0.5, 0.6) is 0 Å². The van der Waals surface area contributed by atoms with E-state index in [1.165, 1.54) is 4.90 Å². The molecule has 7 nitrogen and oxygen atoms in total. The largest absolute Gasteiger partial charge is 0.481 e. The van der Waals surface area contributed by atoms with Gasteiger partial charge in [-0.05, 0) is 35.6 Å². The van der Waals surface area contributed by atoms with E-state index in [2.05, 4.69) is 24.0 Å². The number of nitrogens with zero attached hydrogens (tertiary/aromatic N) is 1. The zero-order valence-electron chi connectivity index (χ0n) is 17.9. The van der Waals surface area contributed by atoms with Gasteiger partial charge in [0, 0.05) is 19.0 Å². The van der Waals surface area contributed by atoms with E-state index in [-0.39, 0.29) is 31.5 Å². The predicted octanol–water partition coefficient (Wildman–Crippen LogP) is 3.40. The zero-order valence-corrected chi connectivity index (χ0v) is 17.9. The predicted molar refractivity (Wildman–Crippen MR) is 119 cm³/mol. The van der Waals surface area contributed by atoms with Crippen LogP contribution < -0.4 is 5.32 Å². The van der Waals surface area contributed by atoms with Crippen molar-refractivity contribution in [3.05, 3.63) is 72.3 Å². The molecule has 1 aliphatic heterocycles. The molecule has 4 rings (SSSR count). The van der Waals surface area contributed by atoms with Gasteiger partial charge in [0.25, 0.3) is 0 Å². The second kappa shape index (κ2) is 8.49. The minimum absolute atomic E-state index is 0.0652. The van der Waals surface area contributed by atoms with Crippen LogP contribution in [0.2, 0.25) is 0 Å². The number of hydrogen-bond donors (Lipinski definition) is 2. The summed E-state index contributed by atoms with van der Waals surface area (Å²) < 4.78 is 5.48. The number of carboxylic acid groups (broad SMARTS) is 1. The number of carboxylic acids is 1. The monoisotopic (exact) mass is 434 g/mol. The molecule has 0 aromatic heterocycles. The van der Waals surface area contributed by atoms with Crippen LogP contribution in [0.25, 0.3) is 11.1 Å². The van der Waals surface area contributed by atoms with Gasteiger partial charge in [0.2, 0.25) is 5.91 Å². The second-order valence-electron chi connectivity index (χ2n) is 8.46. The Morgan fingerprint density at radius 3 is 2.25 bits per heavy atom. The number of carbonyl (C=O) groups excluding carboxylic acids is 2. The van der Waals surface area contributed by atoms with Gasteiger partial charge in [-0.3, -0.25) is 9.59 Å². The minimum Gasteiger partial charge on any atom is -0.481 e. The molecule has 0 radical (unpaired) electrons. The van der Waals surface area contributed by atoms with Crippen LogP contribution in [0.1, 0.15) is 30.4 Å². The summed E-state index contributed by atoms with van der Waals surface area (Å²) in [4.78, 5) is 38.0. The number of aliphatic carboxylic acids is 1. The van der Waals surface area contributed by atoms with Gasteiger partial charge in [-0.25, -0.2) is 4.79 Å². The number of rotatable bonds is 7. The Bertz CT molecular complexity index is 1030. The molecule has 7 heteroatoms. The van der Waals surface area contributed by atoms with E-state index in [0.29, 0.717) is 6.42 Å². The number of allylic oxidation sites excluding steroid dienone is 1. The van der Waals surface area contributed by atoms with Crippen LogP contribution >= 0.6 is 0 Å². The van der Waals surface area contributed by atoms with E-state index in [9.17, 15) is 19.5 Å². The normalized spacial score (nSPS) is 16.8. The Morgan fingerprint density at radius 1 is 1.16 bits per heavy atom. The quantitative estimate of drug-likeness (QED) is 0.651. The lowest BCUT2D eigenvalue weighted by molar-refractivity contribution is -0.166. The average molecular weight is 434 g/mol. The standard InChI is InChI=1S/C25H26N2O5/c1-3-12-25(23(29)30)14-27(15-25)22(28)16(2)26-24(31)32-13-21-19-10-6-4-8-17(19)18-9-5-7-11-20(18)21/h3-11,16,21H,1,12-15H2,2H3,(H,26,31)(H,29,30)/t16-/m0/s1. The van der Waals surface area contributed by atoms with Crippen molar-refractivity contribution >= 4 is 18.0 Å². The van der Waals surface area contributed by atoms with Gasteiger partial charge in [-0.15, -0.1) is 6.58 Å². The highest BCUT2D eigenvalue weighted by atomic mass is 16.5. The van der Waals surface area contributed by atoms with Gasteiger partial charge in [0.1, 0.15) is 18.1 Å². The van der Waals surface area contributed by atoms with Gasteiger partial charge < -0.3 is 20.1 Å². The van der Waals surface area contributed by atoms with Crippen LogP contribution in [0.4, 0.5) is 4.79 Å². The first-order valence-corrected chi connectivity index (χ1v) is 10.6. The van der Waals surface area contributed by atoms with Crippen molar-refractivity contribution in [2.24, 2.45) is 5.41 Å². The number of ether oxygens (including phenoxy) is 1. The lowest BCUT2D eigenvalue weighted by Gasteiger charge is -2.47. The smallest absolute Gasteiger partial charge is 0.407 e. The summed E-state index contributed by atoms with van der Waals surface area (Å²) in [6.45, 7) is 5.52. The minimum atomic E-state index is -0.985. The first-order chi connectivity index (χ1) is 15.4. The van der Waals surface area contributed by atoms with Gasteiger partial charge in [0.15, 0.2) is 0 Å². The molecule has 0 spiro atoms. The molecule has 0 unspecified atom stereocenters. The van der Waals surface area contributed by atoms with Crippen LogP contribution in [0, 0.1) is 5.41 Å². The fraction of sp³-hybridized carbons (Fsp3) is 0.320. The molecular formula is C25H26N2O5. The van der Waals surface area contributed by atoms with Crippen molar-refractivity contribution in [2.45, 2.75) is 25.3 Å². The fourth-order valence-electron chi connectivity index (χ4n) is 4.62. The third-order valence-corrected chi connectivity index (χ3v) is 6.34. The lowest BCUT2D eigenvalue weighted by atomic mass is 9.76. The number of nitrogens with one attached hydrogen (secondary N) is 1. The molecule has 1 saturated heterocycles. The van der Waals surface area contributed by atoms with Crippen molar-refractivity contribution in [2.75, 3.05) is 19.7 Å². The lowest BCUT2D eigenvalue weighted by Crippen LogP contribution is -2.64. The Labute approximate surface area is 186 Å². The number of carbonyl (C=O) groups is 3. The van der Waals surface area contributed by atoms with Crippen LogP contribution in [-0.2, 0) is 14.3 Å². The molecule has 1 atom stereocenters. The molecule has 2 amide bonds. The van der Waals surface area contributed by atoms with Gasteiger partial charge in [-0.2, -0.15) is 0 Å². The van der Waals surface area contributed by atoms with Crippen LogP contribution in [0.15, 0.2) is 61.2 Å².